The molecule has 0 bridgehead atoms. The first kappa shape index (κ1) is 10.7. The highest BCUT2D eigenvalue weighted by atomic mass is 16.5. The van der Waals surface area contributed by atoms with E-state index in [0.717, 1.165) is 5.69 Å². The summed E-state index contributed by atoms with van der Waals surface area (Å²) >= 11 is 0. The molecule has 1 atom stereocenters. The van der Waals surface area contributed by atoms with E-state index in [9.17, 15) is 4.79 Å². The van der Waals surface area contributed by atoms with Gasteiger partial charge in [-0.3, -0.25) is 0 Å². The molecule has 0 saturated carbocycles. The number of rotatable bonds is 3. The van der Waals surface area contributed by atoms with Crippen LogP contribution in [-0.2, 0) is 14.3 Å². The lowest BCUT2D eigenvalue weighted by molar-refractivity contribution is -0.136. The van der Waals surface area contributed by atoms with Crippen LogP contribution in [0.1, 0.15) is 0 Å². The van der Waals surface area contributed by atoms with Gasteiger partial charge in [0.2, 0.25) is 0 Å². The first-order valence-corrected chi connectivity index (χ1v) is 5.03. The van der Waals surface area contributed by atoms with Crippen LogP contribution in [0.15, 0.2) is 42.0 Å². The van der Waals surface area contributed by atoms with Crippen molar-refractivity contribution in [1.82, 2.24) is 0 Å². The number of esters is 1. The molecule has 4 heteroatoms. The minimum atomic E-state index is -0.421. The average molecular weight is 219 g/mol. The molecule has 0 radical (unpaired) electrons. The van der Waals surface area contributed by atoms with Gasteiger partial charge in [-0.1, -0.05) is 18.2 Å². The molecular weight excluding hydrogens is 206 g/mol. The monoisotopic (exact) mass is 219 g/mol. The zero-order valence-electron chi connectivity index (χ0n) is 8.97. The van der Waals surface area contributed by atoms with Crippen LogP contribution in [0.2, 0.25) is 0 Å². The molecule has 1 heterocycles. The summed E-state index contributed by atoms with van der Waals surface area (Å²) in [5.74, 6) is -0.356. The Morgan fingerprint density at radius 2 is 2.19 bits per heavy atom. The predicted molar refractivity (Wildman–Crippen MR) is 59.9 cm³/mol. The van der Waals surface area contributed by atoms with Crippen molar-refractivity contribution >= 4 is 11.7 Å². The molecule has 0 aliphatic carbocycles. The van der Waals surface area contributed by atoms with E-state index in [1.165, 1.54) is 7.11 Å². The smallest absolute Gasteiger partial charge is 0.338 e. The van der Waals surface area contributed by atoms with Crippen LogP contribution in [0.25, 0.3) is 0 Å². The first-order valence-electron chi connectivity index (χ1n) is 5.03. The quantitative estimate of drug-likeness (QED) is 0.783. The van der Waals surface area contributed by atoms with Gasteiger partial charge >= 0.3 is 5.97 Å². The molecular formula is C12H13NO3. The van der Waals surface area contributed by atoms with Crippen molar-refractivity contribution in [2.75, 3.05) is 19.0 Å². The Bertz CT molecular complexity index is 400. The summed E-state index contributed by atoms with van der Waals surface area (Å²) in [7, 11) is 1.36. The maximum absolute atomic E-state index is 11.4. The van der Waals surface area contributed by atoms with E-state index in [2.05, 4.69) is 10.1 Å². The van der Waals surface area contributed by atoms with Gasteiger partial charge in [0, 0.05) is 5.69 Å². The summed E-state index contributed by atoms with van der Waals surface area (Å²) in [4.78, 5) is 11.4. The van der Waals surface area contributed by atoms with Gasteiger partial charge in [-0.2, -0.15) is 0 Å². The molecule has 16 heavy (non-hydrogen) atoms. The largest absolute Gasteiger partial charge is 0.466 e. The van der Waals surface area contributed by atoms with Crippen LogP contribution in [0.5, 0.6) is 0 Å². The number of carbonyl (C=O) groups is 1. The number of carbonyl (C=O) groups excluding carboxylic acids is 1. The Morgan fingerprint density at radius 3 is 2.88 bits per heavy atom. The Hall–Kier alpha value is -1.81. The van der Waals surface area contributed by atoms with Crippen molar-refractivity contribution in [2.45, 2.75) is 6.23 Å². The normalized spacial score (nSPS) is 19.1. The molecule has 2 rings (SSSR count). The summed E-state index contributed by atoms with van der Waals surface area (Å²) in [6, 6.07) is 9.59. The van der Waals surface area contributed by atoms with Crippen molar-refractivity contribution in [3.63, 3.8) is 0 Å². The molecule has 1 unspecified atom stereocenters. The number of hydrogen-bond donors (Lipinski definition) is 1. The second-order valence-corrected chi connectivity index (χ2v) is 3.37. The van der Waals surface area contributed by atoms with Gasteiger partial charge in [-0.25, -0.2) is 4.79 Å². The van der Waals surface area contributed by atoms with Crippen molar-refractivity contribution < 1.29 is 14.3 Å². The van der Waals surface area contributed by atoms with Gasteiger partial charge < -0.3 is 14.8 Å². The summed E-state index contributed by atoms with van der Waals surface area (Å²) in [5.41, 5.74) is 1.43. The molecule has 1 aromatic rings. The SMILES string of the molecule is COC(=O)C1=CCOC1Nc1ccccc1. The highest BCUT2D eigenvalue weighted by Crippen LogP contribution is 2.18. The van der Waals surface area contributed by atoms with Gasteiger partial charge in [-0.05, 0) is 18.2 Å². The van der Waals surface area contributed by atoms with E-state index in [-0.39, 0.29) is 5.97 Å². The van der Waals surface area contributed by atoms with Gasteiger partial charge in [0.1, 0.15) is 0 Å². The van der Waals surface area contributed by atoms with E-state index < -0.39 is 6.23 Å². The third kappa shape index (κ3) is 2.23. The van der Waals surface area contributed by atoms with Gasteiger partial charge in [0.15, 0.2) is 6.23 Å². The molecule has 1 aliphatic rings. The zero-order chi connectivity index (χ0) is 11.4. The van der Waals surface area contributed by atoms with E-state index in [4.69, 9.17) is 4.74 Å². The van der Waals surface area contributed by atoms with Crippen LogP contribution in [0.4, 0.5) is 5.69 Å². The number of anilines is 1. The standard InChI is InChI=1S/C12H13NO3/c1-15-12(14)10-7-8-16-11(10)13-9-5-3-2-4-6-9/h2-7,11,13H,8H2,1H3. The first-order chi connectivity index (χ1) is 7.81. The van der Waals surface area contributed by atoms with Crippen LogP contribution < -0.4 is 5.32 Å². The lowest BCUT2D eigenvalue weighted by atomic mass is 10.2. The Labute approximate surface area is 93.9 Å². The Balaban J connectivity index is 2.06. The molecule has 0 amide bonds. The minimum absolute atomic E-state index is 0.356. The fourth-order valence-corrected chi connectivity index (χ4v) is 1.54. The maximum atomic E-state index is 11.4. The van der Waals surface area contributed by atoms with E-state index in [0.29, 0.717) is 12.2 Å². The third-order valence-electron chi connectivity index (χ3n) is 2.34. The molecule has 0 aromatic heterocycles. The Morgan fingerprint density at radius 1 is 1.44 bits per heavy atom. The van der Waals surface area contributed by atoms with Crippen molar-refractivity contribution in [2.24, 2.45) is 0 Å². The van der Waals surface area contributed by atoms with Crippen molar-refractivity contribution in [3.8, 4) is 0 Å². The van der Waals surface area contributed by atoms with E-state index >= 15 is 0 Å². The van der Waals surface area contributed by atoms with Gasteiger partial charge in [0.25, 0.3) is 0 Å². The summed E-state index contributed by atoms with van der Waals surface area (Å²) in [6.45, 7) is 0.426. The number of ether oxygens (including phenoxy) is 2. The summed E-state index contributed by atoms with van der Waals surface area (Å²) in [5, 5.41) is 3.11. The molecule has 0 spiro atoms. The highest BCUT2D eigenvalue weighted by molar-refractivity contribution is 5.90. The second-order valence-electron chi connectivity index (χ2n) is 3.37. The predicted octanol–water partition coefficient (Wildman–Crippen LogP) is 1.55. The lowest BCUT2D eigenvalue weighted by Gasteiger charge is -2.16. The van der Waals surface area contributed by atoms with E-state index in [1.807, 2.05) is 30.3 Å². The van der Waals surface area contributed by atoms with Gasteiger partial charge in [0.05, 0.1) is 19.3 Å². The fourth-order valence-electron chi connectivity index (χ4n) is 1.54. The van der Waals surface area contributed by atoms with Gasteiger partial charge in [-0.15, -0.1) is 0 Å². The van der Waals surface area contributed by atoms with Crippen molar-refractivity contribution in [3.05, 3.63) is 42.0 Å². The summed E-state index contributed by atoms with van der Waals surface area (Å²) < 4.78 is 10.1. The van der Waals surface area contributed by atoms with E-state index in [1.54, 1.807) is 6.08 Å². The molecule has 1 N–H and O–H groups in total. The fraction of sp³-hybridized carbons (Fsp3) is 0.250. The maximum Gasteiger partial charge on any atom is 0.338 e. The Kier molecular flexibility index (Phi) is 3.22. The molecule has 0 fully saturated rings. The molecule has 84 valence electrons. The van der Waals surface area contributed by atoms with Crippen LogP contribution in [0, 0.1) is 0 Å². The lowest BCUT2D eigenvalue weighted by Crippen LogP contribution is -2.26. The van der Waals surface area contributed by atoms with Crippen molar-refractivity contribution in [1.29, 1.82) is 0 Å². The number of hydrogen-bond acceptors (Lipinski definition) is 4. The van der Waals surface area contributed by atoms with Crippen LogP contribution >= 0.6 is 0 Å². The molecule has 4 nitrogen and oxygen atoms in total. The highest BCUT2D eigenvalue weighted by Gasteiger charge is 2.26. The average Bonchev–Trinajstić information content (AvgIpc) is 2.77. The number of methoxy groups -OCH3 is 1. The molecule has 1 aliphatic heterocycles. The number of nitrogens with one attached hydrogen (secondary N) is 1. The zero-order valence-corrected chi connectivity index (χ0v) is 8.97. The number of benzene rings is 1. The van der Waals surface area contributed by atoms with Crippen LogP contribution in [-0.4, -0.2) is 25.9 Å². The molecule has 0 saturated heterocycles. The van der Waals surface area contributed by atoms with Crippen LogP contribution in [0.3, 0.4) is 0 Å². The minimum Gasteiger partial charge on any atom is -0.466 e. The number of para-hydroxylation sites is 1. The summed E-state index contributed by atoms with van der Waals surface area (Å²) in [6.07, 6.45) is 1.31. The third-order valence-corrected chi connectivity index (χ3v) is 2.34. The topological polar surface area (TPSA) is 47.6 Å². The molecule has 1 aromatic carbocycles. The second kappa shape index (κ2) is 4.81.